The molecule has 0 saturated carbocycles. The number of halogens is 1. The summed E-state index contributed by atoms with van der Waals surface area (Å²) in [6.07, 6.45) is 0.849. The van der Waals surface area contributed by atoms with Crippen LogP contribution < -0.4 is 20.1 Å². The van der Waals surface area contributed by atoms with Gasteiger partial charge < -0.3 is 20.1 Å². The number of aliphatic imine (C=N–C) groups is 1. The van der Waals surface area contributed by atoms with E-state index in [1.807, 2.05) is 38.1 Å². The highest BCUT2D eigenvalue weighted by Gasteiger charge is 2.09. The van der Waals surface area contributed by atoms with Gasteiger partial charge in [0, 0.05) is 24.9 Å². The van der Waals surface area contributed by atoms with Crippen LogP contribution in [0.25, 0.3) is 0 Å². The molecule has 1 heterocycles. The van der Waals surface area contributed by atoms with Crippen LogP contribution in [0.15, 0.2) is 29.3 Å². The lowest BCUT2D eigenvalue weighted by atomic mass is 10.3. The van der Waals surface area contributed by atoms with Crippen molar-refractivity contribution in [2.24, 2.45) is 4.99 Å². The minimum Gasteiger partial charge on any atom is -0.493 e. The van der Waals surface area contributed by atoms with E-state index in [4.69, 9.17) is 9.47 Å². The molecule has 1 unspecified atom stereocenters. The Bertz CT molecular complexity index is 717. The van der Waals surface area contributed by atoms with E-state index < -0.39 is 0 Å². The fraction of sp³-hybridized carbons (Fsp3) is 0.474. The summed E-state index contributed by atoms with van der Waals surface area (Å²) < 4.78 is 11.3. The summed E-state index contributed by atoms with van der Waals surface area (Å²) >= 11 is 1.75. The first kappa shape index (κ1) is 23.5. The summed E-state index contributed by atoms with van der Waals surface area (Å²) in [4.78, 5) is 10.1. The van der Waals surface area contributed by atoms with Crippen LogP contribution in [-0.4, -0.2) is 44.3 Å². The van der Waals surface area contributed by atoms with Crippen LogP contribution in [0.1, 0.15) is 22.5 Å². The molecule has 0 aliphatic heterocycles. The van der Waals surface area contributed by atoms with Crippen molar-refractivity contribution in [3.63, 3.8) is 0 Å². The van der Waals surface area contributed by atoms with Crippen molar-refractivity contribution in [2.45, 2.75) is 33.3 Å². The number of guanidine groups is 1. The number of aryl methyl sites for hydroxylation is 2. The molecular weight excluding hydrogens is 475 g/mol. The smallest absolute Gasteiger partial charge is 0.191 e. The molecule has 2 N–H and O–H groups in total. The molecule has 0 fully saturated rings. The fourth-order valence-electron chi connectivity index (χ4n) is 2.37. The standard InChI is InChI=1S/C19H28N4O2S.HI/c1-13(25-17-9-7-6-8-16(17)24-5)12-22-19(20-4)21-11-10-18-23-14(2)15(3)26-18;/h6-9,13H,10-12H2,1-5H3,(H2,20,21,22);1H. The first-order chi connectivity index (χ1) is 12.5. The van der Waals surface area contributed by atoms with E-state index in [9.17, 15) is 0 Å². The third kappa shape index (κ3) is 7.53. The maximum absolute atomic E-state index is 5.94. The Hall–Kier alpha value is -1.55. The van der Waals surface area contributed by atoms with Crippen LogP contribution in [-0.2, 0) is 6.42 Å². The molecule has 0 spiro atoms. The van der Waals surface area contributed by atoms with Gasteiger partial charge in [-0.2, -0.15) is 0 Å². The first-order valence-electron chi connectivity index (χ1n) is 8.70. The molecule has 150 valence electrons. The molecule has 27 heavy (non-hydrogen) atoms. The van der Waals surface area contributed by atoms with Gasteiger partial charge in [-0.15, -0.1) is 35.3 Å². The molecule has 1 aromatic heterocycles. The summed E-state index contributed by atoms with van der Waals surface area (Å²) in [6, 6.07) is 7.64. The van der Waals surface area contributed by atoms with Gasteiger partial charge in [-0.1, -0.05) is 12.1 Å². The van der Waals surface area contributed by atoms with Gasteiger partial charge in [0.25, 0.3) is 0 Å². The minimum atomic E-state index is -0.0332. The van der Waals surface area contributed by atoms with Crippen LogP contribution in [0.4, 0.5) is 0 Å². The number of methoxy groups -OCH3 is 1. The van der Waals surface area contributed by atoms with Gasteiger partial charge in [-0.25, -0.2) is 4.98 Å². The van der Waals surface area contributed by atoms with Crippen LogP contribution >= 0.6 is 35.3 Å². The van der Waals surface area contributed by atoms with Gasteiger partial charge in [-0.3, -0.25) is 4.99 Å². The Morgan fingerprint density at radius 3 is 2.52 bits per heavy atom. The normalized spacial score (nSPS) is 12.1. The molecule has 0 aliphatic carbocycles. The number of para-hydroxylation sites is 2. The summed E-state index contributed by atoms with van der Waals surface area (Å²) in [5.74, 6) is 2.23. The van der Waals surface area contributed by atoms with E-state index in [-0.39, 0.29) is 30.1 Å². The molecule has 0 amide bonds. The number of thiazole rings is 1. The van der Waals surface area contributed by atoms with Crippen molar-refractivity contribution in [1.82, 2.24) is 15.6 Å². The molecule has 0 radical (unpaired) electrons. The van der Waals surface area contributed by atoms with Crippen molar-refractivity contribution in [3.05, 3.63) is 39.8 Å². The Kier molecular flexibility index (Phi) is 10.5. The number of ether oxygens (including phenoxy) is 2. The van der Waals surface area contributed by atoms with Crippen molar-refractivity contribution in [1.29, 1.82) is 0 Å². The Morgan fingerprint density at radius 1 is 1.22 bits per heavy atom. The average Bonchev–Trinajstić information content (AvgIpc) is 2.96. The van der Waals surface area contributed by atoms with Crippen LogP contribution in [0.2, 0.25) is 0 Å². The molecule has 2 aromatic rings. The van der Waals surface area contributed by atoms with Crippen LogP contribution in [0, 0.1) is 13.8 Å². The predicted octanol–water partition coefficient (Wildman–Crippen LogP) is 3.56. The largest absolute Gasteiger partial charge is 0.493 e. The maximum Gasteiger partial charge on any atom is 0.191 e. The average molecular weight is 504 g/mol. The van der Waals surface area contributed by atoms with Crippen molar-refractivity contribution in [2.75, 3.05) is 27.2 Å². The zero-order chi connectivity index (χ0) is 18.9. The number of nitrogens with zero attached hydrogens (tertiary/aromatic N) is 2. The number of hydrogen-bond donors (Lipinski definition) is 2. The summed E-state index contributed by atoms with van der Waals surface area (Å²) in [5.41, 5.74) is 1.12. The molecule has 1 aromatic carbocycles. The second kappa shape index (κ2) is 12.0. The van der Waals surface area contributed by atoms with E-state index >= 15 is 0 Å². The zero-order valence-electron chi connectivity index (χ0n) is 16.5. The van der Waals surface area contributed by atoms with E-state index in [1.165, 1.54) is 4.88 Å². The Labute approximate surface area is 182 Å². The van der Waals surface area contributed by atoms with Gasteiger partial charge in [-0.05, 0) is 32.9 Å². The first-order valence-corrected chi connectivity index (χ1v) is 9.52. The number of nitrogens with one attached hydrogen (secondary N) is 2. The Balaban J connectivity index is 0.00000364. The molecule has 0 saturated heterocycles. The van der Waals surface area contributed by atoms with E-state index in [2.05, 4.69) is 27.5 Å². The second-order valence-corrected chi connectivity index (χ2v) is 7.25. The second-order valence-electron chi connectivity index (χ2n) is 5.96. The molecule has 1 atom stereocenters. The molecule has 0 aliphatic rings. The summed E-state index contributed by atoms with van der Waals surface area (Å²) in [7, 11) is 3.40. The highest BCUT2D eigenvalue weighted by atomic mass is 127. The highest BCUT2D eigenvalue weighted by molar-refractivity contribution is 14.0. The number of hydrogen-bond acceptors (Lipinski definition) is 5. The van der Waals surface area contributed by atoms with Crippen molar-refractivity contribution < 1.29 is 9.47 Å². The fourth-order valence-corrected chi connectivity index (χ4v) is 3.30. The van der Waals surface area contributed by atoms with Gasteiger partial charge in [0.05, 0.1) is 24.4 Å². The molecule has 6 nitrogen and oxygen atoms in total. The minimum absolute atomic E-state index is 0. The Morgan fingerprint density at radius 2 is 1.93 bits per heavy atom. The molecule has 2 rings (SSSR count). The quantitative estimate of drug-likeness (QED) is 0.327. The number of benzene rings is 1. The summed E-state index contributed by atoms with van der Waals surface area (Å²) in [5, 5.41) is 7.75. The van der Waals surface area contributed by atoms with Crippen molar-refractivity contribution in [3.8, 4) is 11.5 Å². The lowest BCUT2D eigenvalue weighted by molar-refractivity contribution is 0.213. The maximum atomic E-state index is 5.94. The number of aromatic nitrogens is 1. The monoisotopic (exact) mass is 504 g/mol. The molecular formula is C19H29IN4O2S. The van der Waals surface area contributed by atoms with Crippen molar-refractivity contribution >= 4 is 41.3 Å². The lowest BCUT2D eigenvalue weighted by Gasteiger charge is -2.19. The van der Waals surface area contributed by atoms with E-state index in [0.717, 1.165) is 41.1 Å². The van der Waals surface area contributed by atoms with Crippen LogP contribution in [0.5, 0.6) is 11.5 Å². The van der Waals surface area contributed by atoms with Gasteiger partial charge in [0.15, 0.2) is 17.5 Å². The molecule has 8 heteroatoms. The van der Waals surface area contributed by atoms with E-state index in [0.29, 0.717) is 6.54 Å². The van der Waals surface area contributed by atoms with Gasteiger partial charge in [0.1, 0.15) is 6.10 Å². The predicted molar refractivity (Wildman–Crippen MR) is 123 cm³/mol. The topological polar surface area (TPSA) is 67.8 Å². The zero-order valence-corrected chi connectivity index (χ0v) is 19.7. The van der Waals surface area contributed by atoms with E-state index in [1.54, 1.807) is 25.5 Å². The molecule has 0 bridgehead atoms. The van der Waals surface area contributed by atoms with Gasteiger partial charge in [0.2, 0.25) is 0 Å². The third-order valence-corrected chi connectivity index (χ3v) is 5.01. The third-order valence-electron chi connectivity index (χ3n) is 3.88. The number of rotatable bonds is 8. The summed E-state index contributed by atoms with van der Waals surface area (Å²) in [6.45, 7) is 7.58. The van der Waals surface area contributed by atoms with Crippen LogP contribution in [0.3, 0.4) is 0 Å². The SMILES string of the molecule is CN=C(NCCc1nc(C)c(C)s1)NCC(C)Oc1ccccc1OC.I. The highest BCUT2D eigenvalue weighted by Crippen LogP contribution is 2.26. The lowest BCUT2D eigenvalue weighted by Crippen LogP contribution is -2.42. The van der Waals surface area contributed by atoms with Gasteiger partial charge >= 0.3 is 0 Å².